The van der Waals surface area contributed by atoms with E-state index in [9.17, 15) is 4.79 Å². The van der Waals surface area contributed by atoms with Gasteiger partial charge in [0.05, 0.1) is 5.52 Å². The first-order chi connectivity index (χ1) is 13.7. The van der Waals surface area contributed by atoms with E-state index in [0.717, 1.165) is 29.4 Å². The predicted molar refractivity (Wildman–Crippen MR) is 114 cm³/mol. The Morgan fingerprint density at radius 3 is 2.68 bits per heavy atom. The van der Waals surface area contributed by atoms with E-state index in [2.05, 4.69) is 59.1 Å². The van der Waals surface area contributed by atoms with Crippen LogP contribution in [-0.4, -0.2) is 27.4 Å². The molecule has 1 amide bonds. The summed E-state index contributed by atoms with van der Waals surface area (Å²) < 4.78 is 2.25. The number of carbonyl (C=O) groups excluding carboxylic acids is 1. The zero-order chi connectivity index (χ0) is 19.5. The Morgan fingerprint density at radius 1 is 1.00 bits per heavy atom. The van der Waals surface area contributed by atoms with E-state index in [4.69, 9.17) is 0 Å². The first kappa shape index (κ1) is 18.2. The average molecular weight is 371 g/mol. The Balaban J connectivity index is 1.47. The molecule has 2 aromatic carbocycles. The molecule has 0 N–H and O–H groups in total. The third-order valence-corrected chi connectivity index (χ3v) is 5.39. The molecule has 0 spiro atoms. The molecule has 4 rings (SSSR count). The summed E-state index contributed by atoms with van der Waals surface area (Å²) in [5.74, 6) is 0.161. The van der Waals surface area contributed by atoms with Gasteiger partial charge in [-0.05, 0) is 42.7 Å². The topological polar surface area (TPSA) is 38.1 Å². The molecule has 28 heavy (non-hydrogen) atoms. The standard InChI is InChI=1S/C24H25N3O/c1-3-27-17-19(21-9-4-5-12-23(21)27)13-14-24(28)26(2)16-18-8-6-11-22-20(18)10-7-15-25-22/h4-12,15,17H,3,13-14,16H2,1-2H3. The number of amides is 1. The van der Waals surface area contributed by atoms with E-state index < -0.39 is 0 Å². The third kappa shape index (κ3) is 3.50. The van der Waals surface area contributed by atoms with Crippen molar-refractivity contribution in [2.45, 2.75) is 32.9 Å². The van der Waals surface area contributed by atoms with Crippen molar-refractivity contribution in [3.63, 3.8) is 0 Å². The van der Waals surface area contributed by atoms with Crippen LogP contribution in [0.5, 0.6) is 0 Å². The lowest BCUT2D eigenvalue weighted by Gasteiger charge is -2.18. The number of hydrogen-bond donors (Lipinski definition) is 0. The second-order valence-corrected chi connectivity index (χ2v) is 7.19. The number of aryl methyl sites for hydroxylation is 2. The molecule has 142 valence electrons. The van der Waals surface area contributed by atoms with Crippen LogP contribution in [0.1, 0.15) is 24.5 Å². The monoisotopic (exact) mass is 371 g/mol. The Hall–Kier alpha value is -3.14. The molecule has 0 saturated heterocycles. The normalized spacial score (nSPS) is 11.2. The van der Waals surface area contributed by atoms with Gasteiger partial charge in [-0.15, -0.1) is 0 Å². The minimum absolute atomic E-state index is 0.161. The van der Waals surface area contributed by atoms with E-state index in [-0.39, 0.29) is 5.91 Å². The summed E-state index contributed by atoms with van der Waals surface area (Å²) >= 11 is 0. The van der Waals surface area contributed by atoms with Gasteiger partial charge in [0, 0.05) is 55.2 Å². The quantitative estimate of drug-likeness (QED) is 0.488. The smallest absolute Gasteiger partial charge is 0.222 e. The van der Waals surface area contributed by atoms with Crippen molar-refractivity contribution in [2.75, 3.05) is 7.05 Å². The number of carbonyl (C=O) groups is 1. The maximum atomic E-state index is 12.8. The maximum Gasteiger partial charge on any atom is 0.222 e. The highest BCUT2D eigenvalue weighted by Crippen LogP contribution is 2.23. The molecule has 4 heteroatoms. The van der Waals surface area contributed by atoms with Crippen LogP contribution in [0.2, 0.25) is 0 Å². The van der Waals surface area contributed by atoms with Crippen LogP contribution in [0.15, 0.2) is 67.0 Å². The zero-order valence-electron chi connectivity index (χ0n) is 16.4. The molecule has 0 saturated carbocycles. The van der Waals surface area contributed by atoms with Crippen molar-refractivity contribution in [3.05, 3.63) is 78.1 Å². The van der Waals surface area contributed by atoms with Gasteiger partial charge >= 0.3 is 0 Å². The number of para-hydroxylation sites is 1. The van der Waals surface area contributed by atoms with Crippen LogP contribution in [0, 0.1) is 0 Å². The van der Waals surface area contributed by atoms with Crippen LogP contribution in [0.4, 0.5) is 0 Å². The lowest BCUT2D eigenvalue weighted by molar-refractivity contribution is -0.130. The van der Waals surface area contributed by atoms with Crippen LogP contribution in [-0.2, 0) is 24.3 Å². The summed E-state index contributed by atoms with van der Waals surface area (Å²) in [6.45, 7) is 3.68. The predicted octanol–water partition coefficient (Wildman–Crippen LogP) is 4.80. The van der Waals surface area contributed by atoms with Crippen LogP contribution in [0.3, 0.4) is 0 Å². The number of pyridine rings is 1. The maximum absolute atomic E-state index is 12.8. The molecule has 4 aromatic rings. The number of nitrogens with zero attached hydrogens (tertiary/aromatic N) is 3. The van der Waals surface area contributed by atoms with Gasteiger partial charge in [-0.1, -0.05) is 36.4 Å². The highest BCUT2D eigenvalue weighted by molar-refractivity contribution is 5.85. The number of hydrogen-bond acceptors (Lipinski definition) is 2. The molecule has 0 bridgehead atoms. The highest BCUT2D eigenvalue weighted by Gasteiger charge is 2.13. The summed E-state index contributed by atoms with van der Waals surface area (Å²) in [6.07, 6.45) is 5.26. The van der Waals surface area contributed by atoms with E-state index in [1.165, 1.54) is 16.5 Å². The van der Waals surface area contributed by atoms with Crippen LogP contribution < -0.4 is 0 Å². The van der Waals surface area contributed by atoms with Gasteiger partial charge < -0.3 is 9.47 Å². The lowest BCUT2D eigenvalue weighted by atomic mass is 10.1. The molecule has 4 nitrogen and oxygen atoms in total. The third-order valence-electron chi connectivity index (χ3n) is 5.39. The van der Waals surface area contributed by atoms with E-state index in [0.29, 0.717) is 13.0 Å². The number of fused-ring (bicyclic) bond motifs is 2. The first-order valence-electron chi connectivity index (χ1n) is 9.80. The fourth-order valence-electron chi connectivity index (χ4n) is 3.86. The molecule has 0 aliphatic heterocycles. The van der Waals surface area contributed by atoms with Gasteiger partial charge in [0.2, 0.25) is 5.91 Å². The van der Waals surface area contributed by atoms with Gasteiger partial charge in [0.15, 0.2) is 0 Å². The van der Waals surface area contributed by atoms with E-state index >= 15 is 0 Å². The van der Waals surface area contributed by atoms with Crippen LogP contribution >= 0.6 is 0 Å². The highest BCUT2D eigenvalue weighted by atomic mass is 16.2. The Bertz CT molecular complexity index is 1120. The van der Waals surface area contributed by atoms with Gasteiger partial charge in [-0.25, -0.2) is 0 Å². The summed E-state index contributed by atoms with van der Waals surface area (Å²) in [6, 6.07) is 18.5. The minimum atomic E-state index is 0.161. The number of rotatable bonds is 6. The van der Waals surface area contributed by atoms with Crippen LogP contribution in [0.25, 0.3) is 21.8 Å². The molecule has 2 aromatic heterocycles. The van der Waals surface area contributed by atoms with E-state index in [1.54, 1.807) is 6.20 Å². The Labute approximate surface area is 165 Å². The van der Waals surface area contributed by atoms with Crippen molar-refractivity contribution < 1.29 is 4.79 Å². The Morgan fingerprint density at radius 2 is 1.82 bits per heavy atom. The van der Waals surface area contributed by atoms with Crippen molar-refractivity contribution in [3.8, 4) is 0 Å². The van der Waals surface area contributed by atoms with Gasteiger partial charge in [0.1, 0.15) is 0 Å². The fraction of sp³-hybridized carbons (Fsp3) is 0.250. The molecule has 0 atom stereocenters. The second kappa shape index (κ2) is 7.85. The first-order valence-corrected chi connectivity index (χ1v) is 9.80. The SMILES string of the molecule is CCn1cc(CCC(=O)N(C)Cc2cccc3ncccc23)c2ccccc21. The van der Waals surface area contributed by atoms with Crippen molar-refractivity contribution in [1.29, 1.82) is 0 Å². The van der Waals surface area contributed by atoms with Gasteiger partial charge in [-0.3, -0.25) is 9.78 Å². The van der Waals surface area contributed by atoms with E-state index in [1.807, 2.05) is 30.1 Å². The van der Waals surface area contributed by atoms with Crippen molar-refractivity contribution in [2.24, 2.45) is 0 Å². The summed E-state index contributed by atoms with van der Waals surface area (Å²) in [7, 11) is 1.88. The molecule has 0 fully saturated rings. The average Bonchev–Trinajstić information content (AvgIpc) is 3.10. The summed E-state index contributed by atoms with van der Waals surface area (Å²) in [4.78, 5) is 19.0. The molecule has 0 unspecified atom stereocenters. The molecular formula is C24H25N3O. The molecular weight excluding hydrogens is 346 g/mol. The Kier molecular flexibility index (Phi) is 5.11. The van der Waals surface area contributed by atoms with Crippen molar-refractivity contribution >= 4 is 27.7 Å². The molecule has 0 aliphatic rings. The van der Waals surface area contributed by atoms with Gasteiger partial charge in [-0.2, -0.15) is 0 Å². The van der Waals surface area contributed by atoms with Crippen molar-refractivity contribution in [1.82, 2.24) is 14.5 Å². The molecule has 2 heterocycles. The zero-order valence-corrected chi connectivity index (χ0v) is 16.4. The fourth-order valence-corrected chi connectivity index (χ4v) is 3.86. The van der Waals surface area contributed by atoms with Gasteiger partial charge in [0.25, 0.3) is 0 Å². The minimum Gasteiger partial charge on any atom is -0.347 e. The summed E-state index contributed by atoms with van der Waals surface area (Å²) in [5.41, 5.74) is 4.58. The largest absolute Gasteiger partial charge is 0.347 e. The number of aromatic nitrogens is 2. The molecule has 0 radical (unpaired) electrons. The lowest BCUT2D eigenvalue weighted by Crippen LogP contribution is -2.26. The second-order valence-electron chi connectivity index (χ2n) is 7.19. The number of benzene rings is 2. The molecule has 0 aliphatic carbocycles. The summed E-state index contributed by atoms with van der Waals surface area (Å²) in [5, 5.41) is 2.36.